The molecule has 1 aliphatic heterocycles. The fourth-order valence-corrected chi connectivity index (χ4v) is 2.99. The van der Waals surface area contributed by atoms with Gasteiger partial charge in [-0.1, -0.05) is 12.1 Å². The van der Waals surface area contributed by atoms with E-state index in [1.165, 1.54) is 0 Å². The molecule has 1 fully saturated rings. The molecule has 1 aliphatic rings. The lowest BCUT2D eigenvalue weighted by molar-refractivity contribution is 0.638. The smallest absolute Gasteiger partial charge is 0.151 e. The molecular weight excluding hydrogens is 314 g/mol. The highest BCUT2D eigenvalue weighted by molar-refractivity contribution is 5.75. The van der Waals surface area contributed by atoms with Crippen LogP contribution in [0.25, 0.3) is 11.0 Å². The molecule has 128 valence electrons. The summed E-state index contributed by atoms with van der Waals surface area (Å²) >= 11 is 0. The molecule has 7 heteroatoms. The maximum atomic E-state index is 4.74. The molecule has 0 spiro atoms. The zero-order chi connectivity index (χ0) is 17.2. The van der Waals surface area contributed by atoms with Gasteiger partial charge in [-0.05, 0) is 24.3 Å². The Bertz CT molecular complexity index is 855. The van der Waals surface area contributed by atoms with Crippen molar-refractivity contribution < 1.29 is 0 Å². The molecule has 0 aliphatic carbocycles. The average Bonchev–Trinajstić information content (AvgIpc) is 2.68. The fourth-order valence-electron chi connectivity index (χ4n) is 2.99. The summed E-state index contributed by atoms with van der Waals surface area (Å²) < 4.78 is 0. The standard InChI is InChI=1S/C18H21N7/c1-23(2)16-7-8-17(22-21-16)24-9-11-25(12-10-24)18-13-19-14-5-3-4-6-15(14)20-18/h3-8,13H,9-12H2,1-2H3. The normalized spacial score (nSPS) is 14.8. The van der Waals surface area contributed by atoms with Crippen molar-refractivity contribution in [1.82, 2.24) is 20.2 Å². The summed E-state index contributed by atoms with van der Waals surface area (Å²) in [6.07, 6.45) is 1.86. The van der Waals surface area contributed by atoms with E-state index in [1.54, 1.807) is 0 Å². The second kappa shape index (κ2) is 6.51. The van der Waals surface area contributed by atoms with Crippen LogP contribution < -0.4 is 14.7 Å². The van der Waals surface area contributed by atoms with Gasteiger partial charge < -0.3 is 14.7 Å². The number of anilines is 3. The first kappa shape index (κ1) is 15.6. The lowest BCUT2D eigenvalue weighted by Gasteiger charge is -2.35. The minimum Gasteiger partial charge on any atom is -0.361 e. The Hall–Kier alpha value is -2.96. The maximum absolute atomic E-state index is 4.74. The third-order valence-electron chi connectivity index (χ3n) is 4.46. The number of hydrogen-bond acceptors (Lipinski definition) is 7. The van der Waals surface area contributed by atoms with E-state index < -0.39 is 0 Å². The molecule has 1 saturated heterocycles. The monoisotopic (exact) mass is 335 g/mol. The molecule has 3 aromatic rings. The molecule has 0 saturated carbocycles. The average molecular weight is 335 g/mol. The predicted octanol–water partition coefficient (Wildman–Crippen LogP) is 1.81. The van der Waals surface area contributed by atoms with E-state index in [0.29, 0.717) is 0 Å². The molecule has 0 N–H and O–H groups in total. The molecule has 0 atom stereocenters. The minimum absolute atomic E-state index is 0.869. The topological polar surface area (TPSA) is 61.3 Å². The van der Waals surface area contributed by atoms with E-state index in [-0.39, 0.29) is 0 Å². The third-order valence-corrected chi connectivity index (χ3v) is 4.46. The van der Waals surface area contributed by atoms with Gasteiger partial charge in [-0.15, -0.1) is 10.2 Å². The van der Waals surface area contributed by atoms with Crippen molar-refractivity contribution in [2.75, 3.05) is 55.0 Å². The second-order valence-electron chi connectivity index (χ2n) is 6.34. The zero-order valence-electron chi connectivity index (χ0n) is 14.5. The SMILES string of the molecule is CN(C)c1ccc(N2CCN(c3cnc4ccccc4n3)CC2)nn1. The number of piperazine rings is 1. The van der Waals surface area contributed by atoms with E-state index in [1.807, 2.05) is 61.6 Å². The number of fused-ring (bicyclic) bond motifs is 1. The first-order valence-corrected chi connectivity index (χ1v) is 8.43. The summed E-state index contributed by atoms with van der Waals surface area (Å²) in [7, 11) is 3.93. The Kier molecular flexibility index (Phi) is 4.05. The largest absolute Gasteiger partial charge is 0.361 e. The summed E-state index contributed by atoms with van der Waals surface area (Å²) in [5.74, 6) is 2.73. The van der Waals surface area contributed by atoms with Crippen molar-refractivity contribution in [2.45, 2.75) is 0 Å². The summed E-state index contributed by atoms with van der Waals surface area (Å²) in [6, 6.07) is 12.0. The molecule has 3 heterocycles. The molecule has 0 unspecified atom stereocenters. The molecule has 1 aromatic carbocycles. The Balaban J connectivity index is 1.45. The van der Waals surface area contributed by atoms with Crippen molar-refractivity contribution >= 4 is 28.5 Å². The van der Waals surface area contributed by atoms with Gasteiger partial charge in [-0.2, -0.15) is 0 Å². The van der Waals surface area contributed by atoms with Gasteiger partial charge in [0.15, 0.2) is 11.6 Å². The van der Waals surface area contributed by atoms with Gasteiger partial charge in [0.05, 0.1) is 17.2 Å². The van der Waals surface area contributed by atoms with Crippen molar-refractivity contribution in [1.29, 1.82) is 0 Å². The Morgan fingerprint density at radius 3 is 2.12 bits per heavy atom. The number of hydrogen-bond donors (Lipinski definition) is 0. The van der Waals surface area contributed by atoms with E-state index in [4.69, 9.17) is 4.98 Å². The van der Waals surface area contributed by atoms with Crippen LogP contribution in [-0.2, 0) is 0 Å². The van der Waals surface area contributed by atoms with Crippen molar-refractivity contribution in [2.24, 2.45) is 0 Å². The van der Waals surface area contributed by atoms with E-state index in [0.717, 1.165) is 54.7 Å². The number of para-hydroxylation sites is 2. The quantitative estimate of drug-likeness (QED) is 0.723. The molecule has 4 rings (SSSR count). The van der Waals surface area contributed by atoms with Crippen LogP contribution in [0.1, 0.15) is 0 Å². The molecule has 0 bridgehead atoms. The molecule has 0 radical (unpaired) electrons. The predicted molar refractivity (Wildman–Crippen MR) is 100 cm³/mol. The zero-order valence-corrected chi connectivity index (χ0v) is 14.5. The molecular formula is C18H21N7. The van der Waals surface area contributed by atoms with Gasteiger partial charge in [0.1, 0.15) is 5.82 Å². The lowest BCUT2D eigenvalue weighted by Crippen LogP contribution is -2.47. The molecule has 25 heavy (non-hydrogen) atoms. The van der Waals surface area contributed by atoms with Gasteiger partial charge in [-0.25, -0.2) is 4.98 Å². The van der Waals surface area contributed by atoms with Crippen LogP contribution in [0.4, 0.5) is 17.5 Å². The highest BCUT2D eigenvalue weighted by atomic mass is 15.3. The summed E-state index contributed by atoms with van der Waals surface area (Å²) in [6.45, 7) is 3.57. The Morgan fingerprint density at radius 2 is 1.48 bits per heavy atom. The van der Waals surface area contributed by atoms with Crippen LogP contribution in [0.3, 0.4) is 0 Å². The highest BCUT2D eigenvalue weighted by Gasteiger charge is 2.20. The highest BCUT2D eigenvalue weighted by Crippen LogP contribution is 2.19. The van der Waals surface area contributed by atoms with Gasteiger partial charge in [-0.3, -0.25) is 4.98 Å². The maximum Gasteiger partial charge on any atom is 0.151 e. The number of aromatic nitrogens is 4. The number of benzene rings is 1. The van der Waals surface area contributed by atoms with Gasteiger partial charge in [0, 0.05) is 40.3 Å². The van der Waals surface area contributed by atoms with E-state index in [2.05, 4.69) is 25.0 Å². The first-order valence-electron chi connectivity index (χ1n) is 8.43. The van der Waals surface area contributed by atoms with Crippen molar-refractivity contribution in [3.05, 3.63) is 42.6 Å². The van der Waals surface area contributed by atoms with E-state index >= 15 is 0 Å². The molecule has 0 amide bonds. The minimum atomic E-state index is 0.869. The summed E-state index contributed by atoms with van der Waals surface area (Å²) in [5, 5.41) is 8.61. The Labute approximate surface area is 146 Å². The summed E-state index contributed by atoms with van der Waals surface area (Å²) in [4.78, 5) is 15.7. The van der Waals surface area contributed by atoms with Crippen LogP contribution in [-0.4, -0.2) is 60.4 Å². The van der Waals surface area contributed by atoms with Gasteiger partial charge >= 0.3 is 0 Å². The van der Waals surface area contributed by atoms with Gasteiger partial charge in [0.2, 0.25) is 0 Å². The number of nitrogens with zero attached hydrogens (tertiary/aromatic N) is 7. The second-order valence-corrected chi connectivity index (χ2v) is 6.34. The summed E-state index contributed by atoms with van der Waals surface area (Å²) in [5.41, 5.74) is 1.87. The van der Waals surface area contributed by atoms with Crippen LogP contribution in [0.5, 0.6) is 0 Å². The Morgan fingerprint density at radius 1 is 0.800 bits per heavy atom. The van der Waals surface area contributed by atoms with Crippen LogP contribution >= 0.6 is 0 Å². The van der Waals surface area contributed by atoms with E-state index in [9.17, 15) is 0 Å². The third kappa shape index (κ3) is 3.17. The van der Waals surface area contributed by atoms with Gasteiger partial charge in [0.25, 0.3) is 0 Å². The van der Waals surface area contributed by atoms with Crippen LogP contribution in [0, 0.1) is 0 Å². The fraction of sp³-hybridized carbons (Fsp3) is 0.333. The van der Waals surface area contributed by atoms with Crippen molar-refractivity contribution in [3.63, 3.8) is 0 Å². The lowest BCUT2D eigenvalue weighted by atomic mass is 10.3. The van der Waals surface area contributed by atoms with Crippen LogP contribution in [0.2, 0.25) is 0 Å². The molecule has 7 nitrogen and oxygen atoms in total. The van der Waals surface area contributed by atoms with Crippen LogP contribution in [0.15, 0.2) is 42.6 Å². The van der Waals surface area contributed by atoms with Crippen molar-refractivity contribution in [3.8, 4) is 0 Å². The molecule has 2 aromatic heterocycles. The number of rotatable bonds is 3. The first-order chi connectivity index (χ1) is 12.2.